The molecule has 0 fully saturated rings. The normalized spacial score (nSPS) is 8.81. The molecule has 0 aliphatic heterocycles. The van der Waals surface area contributed by atoms with Crippen molar-refractivity contribution in [3.05, 3.63) is 91.0 Å². The molecule has 0 unspecified atom stereocenters. The van der Waals surface area contributed by atoms with E-state index in [-0.39, 0.29) is 81.4 Å². The van der Waals surface area contributed by atoms with Crippen LogP contribution in [0.3, 0.4) is 0 Å². The topological polar surface area (TPSA) is 0 Å². The fourth-order valence-electron chi connectivity index (χ4n) is 2.18. The maximum Gasteiger partial charge on any atom is 0 e. The first-order valence-corrected chi connectivity index (χ1v) is 15.8. The maximum absolute atomic E-state index is 2.27. The van der Waals surface area contributed by atoms with Crippen molar-refractivity contribution in [3.63, 3.8) is 0 Å². The molecule has 0 bridgehead atoms. The van der Waals surface area contributed by atoms with Gasteiger partial charge in [-0.15, -0.1) is 0 Å². The standard InChI is InChI=1S/3C8H11P.3ClH.Re/c3*1-9(2)8-6-4-3-5-7-8;;;;/h3*3-7H,1-2H3;3*1H;/p-3. The van der Waals surface area contributed by atoms with Gasteiger partial charge in [0.2, 0.25) is 0 Å². The van der Waals surface area contributed by atoms with Crippen molar-refractivity contribution in [3.8, 4) is 0 Å². The molecule has 0 saturated heterocycles. The average molecular weight is 707 g/mol. The van der Waals surface area contributed by atoms with Crippen molar-refractivity contribution in [2.75, 3.05) is 40.0 Å². The van der Waals surface area contributed by atoms with Crippen LogP contribution in [0, 0.1) is 0 Å². The van der Waals surface area contributed by atoms with Gasteiger partial charge in [0.05, 0.1) is 0 Å². The smallest absolute Gasteiger partial charge is 0 e. The minimum atomic E-state index is 0. The molecule has 0 nitrogen and oxygen atoms in total. The van der Waals surface area contributed by atoms with Crippen molar-refractivity contribution >= 4 is 39.7 Å². The van der Waals surface area contributed by atoms with E-state index >= 15 is 0 Å². The molecule has 3 aromatic carbocycles. The van der Waals surface area contributed by atoms with Crippen molar-refractivity contribution in [2.45, 2.75) is 0 Å². The Morgan fingerprint density at radius 3 is 0.613 bits per heavy atom. The zero-order valence-electron chi connectivity index (χ0n) is 19.0. The van der Waals surface area contributed by atoms with Gasteiger partial charge in [-0.25, -0.2) is 0 Å². The minimum absolute atomic E-state index is 0. The Morgan fingerprint density at radius 2 is 0.516 bits per heavy atom. The van der Waals surface area contributed by atoms with E-state index in [1.54, 1.807) is 0 Å². The van der Waals surface area contributed by atoms with Gasteiger partial charge in [0.25, 0.3) is 0 Å². The van der Waals surface area contributed by atoms with Crippen LogP contribution in [0.1, 0.15) is 0 Å². The molecule has 0 aliphatic rings. The van der Waals surface area contributed by atoms with Crippen LogP contribution >= 0.6 is 23.8 Å². The fourth-order valence-corrected chi connectivity index (χ4v) is 4.48. The predicted octanol–water partition coefficient (Wildman–Crippen LogP) is -2.83. The second kappa shape index (κ2) is 23.6. The Labute approximate surface area is 226 Å². The van der Waals surface area contributed by atoms with Crippen LogP contribution in [-0.2, 0) is 20.4 Å². The van der Waals surface area contributed by atoms with E-state index in [2.05, 4.69) is 131 Å². The van der Waals surface area contributed by atoms with Gasteiger partial charge in [-0.3, -0.25) is 0 Å². The summed E-state index contributed by atoms with van der Waals surface area (Å²) in [5.74, 6) is 0. The van der Waals surface area contributed by atoms with Crippen LogP contribution in [0.15, 0.2) is 91.0 Å². The number of benzene rings is 3. The molecule has 7 heteroatoms. The largest absolute Gasteiger partial charge is 1.00 e. The molecule has 0 heterocycles. The zero-order chi connectivity index (χ0) is 20.1. The summed E-state index contributed by atoms with van der Waals surface area (Å²) in [4.78, 5) is 0. The van der Waals surface area contributed by atoms with Gasteiger partial charge in [0.15, 0.2) is 0 Å². The molecule has 175 valence electrons. The van der Waals surface area contributed by atoms with E-state index in [0.29, 0.717) is 0 Å². The van der Waals surface area contributed by atoms with E-state index in [9.17, 15) is 0 Å². The van der Waals surface area contributed by atoms with Crippen LogP contribution in [0.2, 0.25) is 0 Å². The van der Waals surface area contributed by atoms with E-state index in [4.69, 9.17) is 0 Å². The second-order valence-corrected chi connectivity index (χ2v) is 13.6. The second-order valence-electron chi connectivity index (χ2n) is 6.69. The summed E-state index contributed by atoms with van der Waals surface area (Å²) in [5.41, 5.74) is 0. The summed E-state index contributed by atoms with van der Waals surface area (Å²) in [5, 5.41) is 4.44. The van der Waals surface area contributed by atoms with Gasteiger partial charge in [-0.2, -0.15) is 0 Å². The summed E-state index contributed by atoms with van der Waals surface area (Å²) in [7, 11) is 0.313. The van der Waals surface area contributed by atoms with Crippen LogP contribution < -0.4 is 53.1 Å². The molecule has 0 aliphatic carbocycles. The third kappa shape index (κ3) is 18.6. The Bertz CT molecular complexity index is 625. The van der Waals surface area contributed by atoms with E-state index in [0.717, 1.165) is 0 Å². The van der Waals surface area contributed by atoms with Crippen LogP contribution in [-0.4, -0.2) is 40.0 Å². The molecule has 1 radical (unpaired) electrons. The summed E-state index contributed by atoms with van der Waals surface area (Å²) < 4.78 is 0. The first-order valence-electron chi connectivity index (χ1n) is 9.09. The van der Waals surface area contributed by atoms with Gasteiger partial charge in [-0.1, -0.05) is 115 Å². The summed E-state index contributed by atoms with van der Waals surface area (Å²) in [6.45, 7) is 13.6. The first kappa shape index (κ1) is 38.7. The molecule has 0 amide bonds. The number of halogens is 3. The van der Waals surface area contributed by atoms with Gasteiger partial charge >= 0.3 is 0 Å². The fraction of sp³-hybridized carbons (Fsp3) is 0.250. The third-order valence-corrected chi connectivity index (χ3v) is 7.81. The summed E-state index contributed by atoms with van der Waals surface area (Å²) >= 11 is 0. The molecule has 0 saturated carbocycles. The SMILES string of the molecule is CP(C)c1ccccc1.CP(C)c1ccccc1.CP(C)c1ccccc1.[Cl-].[Cl-].[Cl-].[Re]. The van der Waals surface area contributed by atoms with Crippen LogP contribution in [0.5, 0.6) is 0 Å². The summed E-state index contributed by atoms with van der Waals surface area (Å²) in [6, 6.07) is 31.9. The van der Waals surface area contributed by atoms with Gasteiger partial charge < -0.3 is 37.2 Å². The predicted molar refractivity (Wildman–Crippen MR) is 135 cm³/mol. The Balaban J connectivity index is -0.000000166. The van der Waals surface area contributed by atoms with Crippen molar-refractivity contribution < 1.29 is 57.6 Å². The molecular weight excluding hydrogens is 674 g/mol. The molecule has 3 rings (SSSR count). The summed E-state index contributed by atoms with van der Waals surface area (Å²) in [6.07, 6.45) is 0. The molecule has 0 N–H and O–H groups in total. The Morgan fingerprint density at radius 1 is 0.355 bits per heavy atom. The Kier molecular flexibility index (Phi) is 29.5. The van der Waals surface area contributed by atoms with Gasteiger partial charge in [0.1, 0.15) is 0 Å². The van der Waals surface area contributed by atoms with Crippen molar-refractivity contribution in [1.29, 1.82) is 0 Å². The molecule has 0 aromatic heterocycles. The van der Waals surface area contributed by atoms with Gasteiger partial charge in [0, 0.05) is 20.4 Å². The maximum atomic E-state index is 2.27. The average Bonchev–Trinajstić information content (AvgIpc) is 2.71. The van der Waals surface area contributed by atoms with Crippen LogP contribution in [0.25, 0.3) is 0 Å². The molecule has 0 spiro atoms. The number of rotatable bonds is 3. The molecule has 31 heavy (non-hydrogen) atoms. The van der Waals surface area contributed by atoms with Crippen molar-refractivity contribution in [1.82, 2.24) is 0 Å². The molecular formula is C24H33Cl3P3Re-3. The van der Waals surface area contributed by atoms with E-state index in [1.807, 2.05) is 0 Å². The van der Waals surface area contributed by atoms with Gasteiger partial charge in [-0.05, 0) is 55.9 Å². The zero-order valence-corrected chi connectivity index (χ0v) is 26.7. The molecule has 3 aromatic rings. The van der Waals surface area contributed by atoms with E-state index in [1.165, 1.54) is 15.9 Å². The number of hydrogen-bond donors (Lipinski definition) is 0. The van der Waals surface area contributed by atoms with Crippen LogP contribution in [0.4, 0.5) is 0 Å². The monoisotopic (exact) mass is 706 g/mol. The van der Waals surface area contributed by atoms with Crippen molar-refractivity contribution in [2.24, 2.45) is 0 Å². The number of hydrogen-bond acceptors (Lipinski definition) is 0. The Hall–Kier alpha value is 0.482. The van der Waals surface area contributed by atoms with E-state index < -0.39 is 0 Å². The third-order valence-electron chi connectivity index (χ3n) is 3.82. The first-order chi connectivity index (χ1) is 12.9. The minimum Gasteiger partial charge on any atom is -1.00 e. The molecule has 0 atom stereocenters. The quantitative estimate of drug-likeness (QED) is 0.258.